The lowest BCUT2D eigenvalue weighted by atomic mass is 9.95. The first-order valence-corrected chi connectivity index (χ1v) is 4.93. The van der Waals surface area contributed by atoms with Crippen molar-refractivity contribution in [3.05, 3.63) is 35.9 Å². The highest BCUT2D eigenvalue weighted by Crippen LogP contribution is 2.55. The van der Waals surface area contributed by atoms with Gasteiger partial charge in [0.1, 0.15) is 0 Å². The van der Waals surface area contributed by atoms with Gasteiger partial charge < -0.3 is 9.84 Å². The van der Waals surface area contributed by atoms with Crippen molar-refractivity contribution in [2.75, 3.05) is 7.11 Å². The highest BCUT2D eigenvalue weighted by molar-refractivity contribution is 5.79. The van der Waals surface area contributed by atoms with E-state index in [2.05, 4.69) is 0 Å². The minimum Gasteiger partial charge on any atom is -0.481 e. The summed E-state index contributed by atoms with van der Waals surface area (Å²) >= 11 is 0. The van der Waals surface area contributed by atoms with Gasteiger partial charge >= 0.3 is 5.97 Å². The zero-order chi connectivity index (χ0) is 11.1. The van der Waals surface area contributed by atoms with E-state index in [1.165, 1.54) is 0 Å². The molecule has 1 aromatic rings. The molecule has 15 heavy (non-hydrogen) atoms. The molecule has 0 saturated heterocycles. The number of hydrogen-bond donors (Lipinski definition) is 1. The van der Waals surface area contributed by atoms with Crippen molar-refractivity contribution in [1.29, 1.82) is 0 Å². The van der Waals surface area contributed by atoms with Gasteiger partial charge in [-0.25, -0.2) is 0 Å². The number of carboxylic acid groups (broad SMARTS) is 1. The Morgan fingerprint density at radius 2 is 2.00 bits per heavy atom. The molecule has 3 atom stereocenters. The van der Waals surface area contributed by atoms with Crippen LogP contribution >= 0.6 is 0 Å². The minimum absolute atomic E-state index is 0.211. The van der Waals surface area contributed by atoms with Crippen molar-refractivity contribution in [3.8, 4) is 0 Å². The quantitative estimate of drug-likeness (QED) is 0.818. The predicted octanol–water partition coefficient (Wildman–Crippen LogP) is 1.67. The maximum Gasteiger partial charge on any atom is 0.310 e. The van der Waals surface area contributed by atoms with Gasteiger partial charge in [-0.05, 0) is 5.56 Å². The standard InChI is InChI=1S/C12H14O3/c1-12(8-6-4-3-5-7-8)9(11(13)14)10(12)15-2/h3-7,9-10H,1-2H3,(H,13,14)/t9-,10-,12-/m1/s1. The van der Waals surface area contributed by atoms with Gasteiger partial charge in [-0.2, -0.15) is 0 Å². The van der Waals surface area contributed by atoms with Crippen LogP contribution in [0.2, 0.25) is 0 Å². The SMILES string of the molecule is CO[C@@H]1[C@H](C(=O)O)[C@@]1(C)c1ccccc1. The average molecular weight is 206 g/mol. The van der Waals surface area contributed by atoms with Crippen LogP contribution in [0, 0.1) is 5.92 Å². The van der Waals surface area contributed by atoms with Crippen LogP contribution in [0.1, 0.15) is 12.5 Å². The highest BCUT2D eigenvalue weighted by atomic mass is 16.5. The third-order valence-electron chi connectivity index (χ3n) is 3.35. The van der Waals surface area contributed by atoms with Crippen molar-refractivity contribution in [3.63, 3.8) is 0 Å². The fourth-order valence-electron chi connectivity index (χ4n) is 2.38. The molecular formula is C12H14O3. The Morgan fingerprint density at radius 1 is 1.40 bits per heavy atom. The molecular weight excluding hydrogens is 192 g/mol. The first-order chi connectivity index (χ1) is 7.12. The molecule has 0 bridgehead atoms. The lowest BCUT2D eigenvalue weighted by Crippen LogP contribution is -2.11. The number of carboxylic acids is 1. The van der Waals surface area contributed by atoms with E-state index in [0.717, 1.165) is 5.56 Å². The maximum absolute atomic E-state index is 11.0. The van der Waals surface area contributed by atoms with Crippen molar-refractivity contribution in [2.24, 2.45) is 5.92 Å². The molecule has 1 saturated carbocycles. The van der Waals surface area contributed by atoms with E-state index < -0.39 is 11.9 Å². The fraction of sp³-hybridized carbons (Fsp3) is 0.417. The maximum atomic E-state index is 11.0. The van der Waals surface area contributed by atoms with Crippen molar-refractivity contribution < 1.29 is 14.6 Å². The number of methoxy groups -OCH3 is 1. The Balaban J connectivity index is 2.33. The first-order valence-electron chi connectivity index (χ1n) is 4.93. The molecule has 1 N–H and O–H groups in total. The number of rotatable bonds is 3. The van der Waals surface area contributed by atoms with Crippen LogP contribution in [0.3, 0.4) is 0 Å². The van der Waals surface area contributed by atoms with Crippen molar-refractivity contribution in [1.82, 2.24) is 0 Å². The molecule has 1 aliphatic carbocycles. The van der Waals surface area contributed by atoms with E-state index >= 15 is 0 Å². The Morgan fingerprint density at radius 3 is 2.40 bits per heavy atom. The van der Waals surface area contributed by atoms with Gasteiger partial charge in [0.05, 0.1) is 12.0 Å². The molecule has 0 amide bonds. The second kappa shape index (κ2) is 3.35. The summed E-state index contributed by atoms with van der Waals surface area (Å²) in [7, 11) is 1.56. The van der Waals surface area contributed by atoms with Gasteiger partial charge in [0.2, 0.25) is 0 Å². The van der Waals surface area contributed by atoms with E-state index in [-0.39, 0.29) is 11.5 Å². The summed E-state index contributed by atoms with van der Waals surface area (Å²) in [5.41, 5.74) is 0.659. The molecule has 0 heterocycles. The average Bonchev–Trinajstić information content (AvgIpc) is 2.87. The molecule has 80 valence electrons. The highest BCUT2D eigenvalue weighted by Gasteiger charge is 2.67. The van der Waals surface area contributed by atoms with E-state index in [9.17, 15) is 4.79 Å². The normalized spacial score (nSPS) is 33.7. The van der Waals surface area contributed by atoms with Crippen LogP contribution in [0.25, 0.3) is 0 Å². The van der Waals surface area contributed by atoms with E-state index in [0.29, 0.717) is 0 Å². The van der Waals surface area contributed by atoms with Gasteiger partial charge in [-0.1, -0.05) is 37.3 Å². The topological polar surface area (TPSA) is 46.5 Å². The first kappa shape index (κ1) is 10.2. The molecule has 0 radical (unpaired) electrons. The fourth-order valence-corrected chi connectivity index (χ4v) is 2.38. The molecule has 2 rings (SSSR count). The van der Waals surface area contributed by atoms with Crippen LogP contribution < -0.4 is 0 Å². The van der Waals surface area contributed by atoms with Gasteiger partial charge in [-0.15, -0.1) is 0 Å². The van der Waals surface area contributed by atoms with Gasteiger partial charge in [0.25, 0.3) is 0 Å². The lowest BCUT2D eigenvalue weighted by molar-refractivity contribution is -0.139. The van der Waals surface area contributed by atoms with Crippen molar-refractivity contribution >= 4 is 5.97 Å². The third-order valence-corrected chi connectivity index (χ3v) is 3.35. The summed E-state index contributed by atoms with van der Waals surface area (Å²) in [5, 5.41) is 9.07. The molecule has 0 aromatic heterocycles. The lowest BCUT2D eigenvalue weighted by Gasteiger charge is -2.10. The van der Waals surface area contributed by atoms with Crippen molar-refractivity contribution in [2.45, 2.75) is 18.4 Å². The molecule has 1 fully saturated rings. The Labute approximate surface area is 88.7 Å². The number of aliphatic carboxylic acids is 1. The molecule has 3 nitrogen and oxygen atoms in total. The molecule has 0 unspecified atom stereocenters. The van der Waals surface area contributed by atoms with Gasteiger partial charge in [-0.3, -0.25) is 4.79 Å². The summed E-state index contributed by atoms with van der Waals surface area (Å²) in [6.07, 6.45) is -0.211. The molecule has 3 heteroatoms. The van der Waals surface area contributed by atoms with E-state index in [1.807, 2.05) is 37.3 Å². The zero-order valence-electron chi connectivity index (χ0n) is 8.81. The van der Waals surface area contributed by atoms with Gasteiger partial charge in [0, 0.05) is 12.5 Å². The largest absolute Gasteiger partial charge is 0.481 e. The number of ether oxygens (including phenoxy) is 1. The van der Waals surface area contributed by atoms with Crippen LogP contribution in [0.5, 0.6) is 0 Å². The number of hydrogen-bond acceptors (Lipinski definition) is 2. The number of carbonyl (C=O) groups is 1. The summed E-state index contributed by atoms with van der Waals surface area (Å²) < 4.78 is 5.22. The summed E-state index contributed by atoms with van der Waals surface area (Å²) in [6, 6.07) is 9.67. The van der Waals surface area contributed by atoms with E-state index in [1.54, 1.807) is 7.11 Å². The van der Waals surface area contributed by atoms with E-state index in [4.69, 9.17) is 9.84 Å². The van der Waals surface area contributed by atoms with Crippen LogP contribution in [-0.4, -0.2) is 24.3 Å². The molecule has 1 aliphatic rings. The molecule has 1 aromatic carbocycles. The van der Waals surface area contributed by atoms with Crippen LogP contribution in [-0.2, 0) is 14.9 Å². The third kappa shape index (κ3) is 1.35. The van der Waals surface area contributed by atoms with Gasteiger partial charge in [0.15, 0.2) is 0 Å². The predicted molar refractivity (Wildman–Crippen MR) is 55.7 cm³/mol. The summed E-state index contributed by atoms with van der Waals surface area (Å²) in [6.45, 7) is 1.94. The Hall–Kier alpha value is -1.35. The summed E-state index contributed by atoms with van der Waals surface area (Å²) in [5.74, 6) is -1.21. The number of benzene rings is 1. The summed E-state index contributed by atoms with van der Waals surface area (Å²) in [4.78, 5) is 11.0. The second-order valence-corrected chi connectivity index (χ2v) is 4.12. The zero-order valence-corrected chi connectivity index (χ0v) is 8.81. The second-order valence-electron chi connectivity index (χ2n) is 4.12. The van der Waals surface area contributed by atoms with Crippen LogP contribution in [0.15, 0.2) is 30.3 Å². The van der Waals surface area contributed by atoms with Crippen LogP contribution in [0.4, 0.5) is 0 Å². The minimum atomic E-state index is -0.784. The Kier molecular flexibility index (Phi) is 2.27. The Bertz CT molecular complexity index is 374. The smallest absolute Gasteiger partial charge is 0.310 e. The molecule has 0 spiro atoms. The monoisotopic (exact) mass is 206 g/mol. The molecule has 0 aliphatic heterocycles.